The van der Waals surface area contributed by atoms with E-state index in [-0.39, 0.29) is 0 Å². The number of rotatable bonds is 5. The molecule has 0 radical (unpaired) electrons. The molecular formula is C16H26N2O. The Hall–Kier alpha value is -1.06. The van der Waals surface area contributed by atoms with Gasteiger partial charge in [-0.15, -0.1) is 0 Å². The minimum Gasteiger partial charge on any atom is -0.388 e. The van der Waals surface area contributed by atoms with Crippen molar-refractivity contribution in [3.8, 4) is 0 Å². The van der Waals surface area contributed by atoms with E-state index in [9.17, 15) is 5.11 Å². The third kappa shape index (κ3) is 3.48. The van der Waals surface area contributed by atoms with Gasteiger partial charge in [0.1, 0.15) is 0 Å². The molecule has 0 saturated heterocycles. The summed E-state index contributed by atoms with van der Waals surface area (Å²) in [6.07, 6.45) is 4.19. The second-order valence-corrected chi connectivity index (χ2v) is 5.94. The van der Waals surface area contributed by atoms with E-state index in [2.05, 4.69) is 42.4 Å². The van der Waals surface area contributed by atoms with Gasteiger partial charge in [0.25, 0.3) is 0 Å². The van der Waals surface area contributed by atoms with Gasteiger partial charge in [0.2, 0.25) is 0 Å². The van der Waals surface area contributed by atoms with Crippen LogP contribution in [0.3, 0.4) is 0 Å². The van der Waals surface area contributed by atoms with Gasteiger partial charge in [0.05, 0.1) is 5.60 Å². The molecule has 1 aromatic rings. The van der Waals surface area contributed by atoms with E-state index in [1.165, 1.54) is 16.8 Å². The summed E-state index contributed by atoms with van der Waals surface area (Å²) in [4.78, 5) is 2.20. The molecule has 0 bridgehead atoms. The number of nitrogens with zero attached hydrogens (tertiary/aromatic N) is 1. The Kier molecular flexibility index (Phi) is 4.48. The predicted octanol–water partition coefficient (Wildman–Crippen LogP) is 2.46. The van der Waals surface area contributed by atoms with Crippen LogP contribution >= 0.6 is 0 Å². The number of hydrogen-bond donors (Lipinski definition) is 2. The van der Waals surface area contributed by atoms with Crippen LogP contribution in [0, 0.1) is 6.92 Å². The van der Waals surface area contributed by atoms with E-state index in [0.717, 1.165) is 38.8 Å². The molecule has 2 rings (SSSR count). The average molecular weight is 262 g/mol. The Morgan fingerprint density at radius 2 is 2.00 bits per heavy atom. The first-order valence-corrected chi connectivity index (χ1v) is 7.22. The number of aliphatic hydroxyl groups is 1. The fourth-order valence-electron chi connectivity index (χ4n) is 3.18. The first-order chi connectivity index (χ1) is 9.04. The first-order valence-electron chi connectivity index (χ1n) is 7.22. The van der Waals surface area contributed by atoms with E-state index in [1.54, 1.807) is 0 Å². The van der Waals surface area contributed by atoms with E-state index >= 15 is 0 Å². The van der Waals surface area contributed by atoms with E-state index < -0.39 is 5.60 Å². The molecule has 0 heterocycles. The van der Waals surface area contributed by atoms with Gasteiger partial charge >= 0.3 is 0 Å². The Bertz CT molecular complexity index is 425. The van der Waals surface area contributed by atoms with Crippen molar-refractivity contribution in [1.29, 1.82) is 0 Å². The molecule has 0 aliphatic heterocycles. The van der Waals surface area contributed by atoms with Crippen LogP contribution in [0.15, 0.2) is 18.2 Å². The molecule has 19 heavy (non-hydrogen) atoms. The molecule has 1 aliphatic rings. The van der Waals surface area contributed by atoms with Crippen LogP contribution in [0.2, 0.25) is 0 Å². The first kappa shape index (κ1) is 14.4. The molecule has 2 N–H and O–H groups in total. The summed E-state index contributed by atoms with van der Waals surface area (Å²) in [5.41, 5.74) is 3.32. The van der Waals surface area contributed by atoms with Crippen LogP contribution in [-0.2, 0) is 6.54 Å². The summed E-state index contributed by atoms with van der Waals surface area (Å²) in [7, 11) is 4.04. The lowest BCUT2D eigenvalue weighted by molar-refractivity contribution is 0.0559. The fourth-order valence-corrected chi connectivity index (χ4v) is 3.18. The van der Waals surface area contributed by atoms with Crippen LogP contribution in [0.5, 0.6) is 0 Å². The highest BCUT2D eigenvalue weighted by Gasteiger charge is 2.32. The zero-order chi connectivity index (χ0) is 13.9. The monoisotopic (exact) mass is 262 g/mol. The van der Waals surface area contributed by atoms with E-state index in [4.69, 9.17) is 0 Å². The minimum atomic E-state index is -0.481. The lowest BCUT2D eigenvalue weighted by Crippen LogP contribution is -2.39. The lowest BCUT2D eigenvalue weighted by Gasteiger charge is -2.31. The lowest BCUT2D eigenvalue weighted by atomic mass is 10.0. The maximum Gasteiger partial charge on any atom is 0.0821 e. The molecular weight excluding hydrogens is 236 g/mol. The van der Waals surface area contributed by atoms with Gasteiger partial charge in [-0.05, 0) is 44.0 Å². The third-order valence-electron chi connectivity index (χ3n) is 4.12. The third-order valence-corrected chi connectivity index (χ3v) is 4.12. The number of benzene rings is 1. The van der Waals surface area contributed by atoms with Crippen molar-refractivity contribution in [2.75, 3.05) is 25.5 Å². The fraction of sp³-hybridized carbons (Fsp3) is 0.625. The zero-order valence-corrected chi connectivity index (χ0v) is 12.4. The van der Waals surface area contributed by atoms with Gasteiger partial charge < -0.3 is 15.3 Å². The van der Waals surface area contributed by atoms with E-state index in [1.807, 2.05) is 7.05 Å². The second-order valence-electron chi connectivity index (χ2n) is 5.94. The number of hydrogen-bond acceptors (Lipinski definition) is 3. The van der Waals surface area contributed by atoms with Crippen LogP contribution < -0.4 is 10.2 Å². The van der Waals surface area contributed by atoms with Crippen molar-refractivity contribution >= 4 is 5.69 Å². The Balaban J connectivity index is 2.08. The number of nitrogens with one attached hydrogen (secondary N) is 1. The summed E-state index contributed by atoms with van der Waals surface area (Å²) in [6, 6.07) is 6.55. The maximum atomic E-state index is 10.5. The molecule has 106 valence electrons. The second kappa shape index (κ2) is 5.93. The standard InChI is InChI=1S/C16H26N2O/c1-13-10-14(11-17-2)6-7-15(13)18(3)12-16(19)8-4-5-9-16/h6-7,10,17,19H,4-5,8-9,11-12H2,1-3H3. The quantitative estimate of drug-likeness (QED) is 0.855. The molecule has 0 unspecified atom stereocenters. The number of anilines is 1. The molecule has 1 aromatic carbocycles. The Morgan fingerprint density at radius 1 is 1.32 bits per heavy atom. The summed E-state index contributed by atoms with van der Waals surface area (Å²) in [6.45, 7) is 3.78. The predicted molar refractivity (Wildman–Crippen MR) is 80.6 cm³/mol. The minimum absolute atomic E-state index is 0.481. The van der Waals surface area contributed by atoms with Gasteiger partial charge in [-0.2, -0.15) is 0 Å². The van der Waals surface area contributed by atoms with Crippen LogP contribution in [0.4, 0.5) is 5.69 Å². The molecule has 1 fully saturated rings. The largest absolute Gasteiger partial charge is 0.388 e. The van der Waals surface area contributed by atoms with Gasteiger partial charge in [-0.3, -0.25) is 0 Å². The van der Waals surface area contributed by atoms with Crippen LogP contribution in [-0.4, -0.2) is 31.3 Å². The van der Waals surface area contributed by atoms with Crippen molar-refractivity contribution in [1.82, 2.24) is 5.32 Å². The SMILES string of the molecule is CNCc1ccc(N(C)CC2(O)CCCC2)c(C)c1. The summed E-state index contributed by atoms with van der Waals surface area (Å²) < 4.78 is 0. The van der Waals surface area contributed by atoms with Crippen LogP contribution in [0.25, 0.3) is 0 Å². The van der Waals surface area contributed by atoms with E-state index in [0.29, 0.717) is 0 Å². The van der Waals surface area contributed by atoms with Gasteiger partial charge in [0.15, 0.2) is 0 Å². The van der Waals surface area contributed by atoms with Crippen molar-refractivity contribution in [3.05, 3.63) is 29.3 Å². The number of likely N-dealkylation sites (N-methyl/N-ethyl adjacent to an activating group) is 1. The molecule has 0 spiro atoms. The topological polar surface area (TPSA) is 35.5 Å². The normalized spacial score (nSPS) is 17.7. The average Bonchev–Trinajstić information content (AvgIpc) is 2.76. The molecule has 0 atom stereocenters. The molecule has 0 amide bonds. The number of aryl methyl sites for hydroxylation is 1. The van der Waals surface area contributed by atoms with Gasteiger partial charge in [-0.25, -0.2) is 0 Å². The molecule has 1 aliphatic carbocycles. The van der Waals surface area contributed by atoms with Gasteiger partial charge in [0, 0.05) is 25.8 Å². The summed E-state index contributed by atoms with van der Waals surface area (Å²) >= 11 is 0. The summed E-state index contributed by atoms with van der Waals surface area (Å²) in [5, 5.41) is 13.7. The zero-order valence-electron chi connectivity index (χ0n) is 12.4. The highest BCUT2D eigenvalue weighted by Crippen LogP contribution is 2.32. The molecule has 0 aromatic heterocycles. The summed E-state index contributed by atoms with van der Waals surface area (Å²) in [5.74, 6) is 0. The van der Waals surface area contributed by atoms with Crippen molar-refractivity contribution in [3.63, 3.8) is 0 Å². The molecule has 3 nitrogen and oxygen atoms in total. The van der Waals surface area contributed by atoms with Crippen molar-refractivity contribution in [2.45, 2.75) is 44.8 Å². The smallest absolute Gasteiger partial charge is 0.0821 e. The Morgan fingerprint density at radius 3 is 2.58 bits per heavy atom. The molecule has 3 heteroatoms. The van der Waals surface area contributed by atoms with Gasteiger partial charge in [-0.1, -0.05) is 25.0 Å². The van der Waals surface area contributed by atoms with Crippen molar-refractivity contribution in [2.24, 2.45) is 0 Å². The highest BCUT2D eigenvalue weighted by atomic mass is 16.3. The van der Waals surface area contributed by atoms with Crippen molar-refractivity contribution < 1.29 is 5.11 Å². The highest BCUT2D eigenvalue weighted by molar-refractivity contribution is 5.54. The maximum absolute atomic E-state index is 10.5. The van der Waals surface area contributed by atoms with Crippen LogP contribution in [0.1, 0.15) is 36.8 Å². The molecule has 1 saturated carbocycles. The Labute approximate surface area is 116 Å².